The lowest BCUT2D eigenvalue weighted by molar-refractivity contribution is -0.0546. The zero-order valence-corrected chi connectivity index (χ0v) is 46.8. The summed E-state index contributed by atoms with van der Waals surface area (Å²) in [5, 5.41) is 0. The summed E-state index contributed by atoms with van der Waals surface area (Å²) in [6, 6.07) is 23.3. The van der Waals surface area contributed by atoms with Crippen LogP contribution in [0.2, 0.25) is 0 Å². The number of aryl methyl sites for hydroxylation is 4. The molecule has 0 saturated carbocycles. The number of halogens is 3. The van der Waals surface area contributed by atoms with Gasteiger partial charge in [0.15, 0.2) is 0 Å². The van der Waals surface area contributed by atoms with Crippen molar-refractivity contribution in [3.63, 3.8) is 0 Å². The first-order valence-corrected chi connectivity index (χ1v) is 26.1. The van der Waals surface area contributed by atoms with E-state index in [4.69, 9.17) is 28.3 Å². The lowest BCUT2D eigenvalue weighted by Gasteiger charge is -2.34. The van der Waals surface area contributed by atoms with Crippen molar-refractivity contribution >= 4 is 40.6 Å². The van der Waals surface area contributed by atoms with Gasteiger partial charge in [0.1, 0.15) is 34.2 Å². The predicted molar refractivity (Wildman–Crippen MR) is 282 cm³/mol. The van der Waals surface area contributed by atoms with Gasteiger partial charge in [-0.05, 0) is 157 Å². The normalized spacial score (nSPS) is 18.5. The predicted octanol–water partition coefficient (Wildman–Crippen LogP) is 12.9. The molecule has 0 spiro atoms. The van der Waals surface area contributed by atoms with Crippen LogP contribution < -0.4 is 14.9 Å². The van der Waals surface area contributed by atoms with Crippen LogP contribution in [-0.4, -0.2) is 88.5 Å². The van der Waals surface area contributed by atoms with Gasteiger partial charge in [0, 0.05) is 65.7 Å². The first kappa shape index (κ1) is 59.8. The molecule has 0 N–H and O–H groups in total. The van der Waals surface area contributed by atoms with Crippen molar-refractivity contribution in [2.75, 3.05) is 13.1 Å². The Morgan fingerprint density at radius 3 is 1.53 bits per heavy atom. The van der Waals surface area contributed by atoms with Gasteiger partial charge < -0.3 is 32.4 Å². The minimum Gasteiger partial charge on any atom is -0.457 e. The second kappa shape index (κ2) is 23.4. The zero-order chi connectivity index (χ0) is 56.1. The highest BCUT2D eigenvalue weighted by Crippen LogP contribution is 2.38. The van der Waals surface area contributed by atoms with E-state index in [0.717, 1.165) is 79.9 Å². The number of carbonyl (C=O) groups is 2. The quantitative estimate of drug-likeness (QED) is 0.0930. The summed E-state index contributed by atoms with van der Waals surface area (Å²) in [5.41, 5.74) is -1.25. The molecular weight excluding hydrogens is 992 g/mol. The molecular formula is C55H72BF3N4O11S. The molecule has 2 atom stereocenters. The fourth-order valence-corrected chi connectivity index (χ4v) is 8.16. The maximum Gasteiger partial charge on any atom is 0.534 e. The summed E-state index contributed by atoms with van der Waals surface area (Å²) < 4.78 is 98.4. The van der Waals surface area contributed by atoms with Crippen LogP contribution in [0.25, 0.3) is 5.70 Å². The van der Waals surface area contributed by atoms with Crippen LogP contribution in [-0.2, 0) is 33.1 Å². The number of amides is 2. The number of allylic oxidation sites excluding steroid dienone is 2. The number of benzene rings is 2. The number of aromatic nitrogens is 2. The average molecular weight is 1070 g/mol. The number of alkyl halides is 3. The molecule has 2 amide bonds. The highest BCUT2D eigenvalue weighted by molar-refractivity contribution is 7.87. The molecule has 3 aliphatic rings. The smallest absolute Gasteiger partial charge is 0.457 e. The fraction of sp³-hybridized carbons (Fsp3) is 0.491. The van der Waals surface area contributed by atoms with Crippen LogP contribution in [0.15, 0.2) is 90.8 Å². The van der Waals surface area contributed by atoms with E-state index in [1.807, 2.05) is 121 Å². The Hall–Kier alpha value is -6.12. The number of rotatable bonds is 8. The van der Waals surface area contributed by atoms with Crippen molar-refractivity contribution in [3.05, 3.63) is 119 Å². The molecule has 2 aromatic heterocycles. The number of carbonyl (C=O) groups excluding carboxylic acids is 2. The highest BCUT2D eigenvalue weighted by atomic mass is 32.2. The molecule has 4 aromatic rings. The van der Waals surface area contributed by atoms with Gasteiger partial charge in [0.2, 0.25) is 5.88 Å². The third kappa shape index (κ3) is 17.2. The number of hydrogen-bond acceptors (Lipinski definition) is 13. The summed E-state index contributed by atoms with van der Waals surface area (Å²) in [7, 11) is -6.23. The van der Waals surface area contributed by atoms with Gasteiger partial charge in [-0.2, -0.15) is 21.6 Å². The Balaban J connectivity index is 0.000000211. The first-order chi connectivity index (χ1) is 34.5. The molecule has 1 fully saturated rings. The van der Waals surface area contributed by atoms with Crippen molar-refractivity contribution < 1.29 is 63.6 Å². The van der Waals surface area contributed by atoms with E-state index in [-0.39, 0.29) is 43.3 Å². The molecule has 5 heterocycles. The second-order valence-electron chi connectivity index (χ2n) is 22.0. The zero-order valence-electron chi connectivity index (χ0n) is 46.0. The second-order valence-corrected chi connectivity index (χ2v) is 23.6. The Bertz CT molecular complexity index is 2800. The van der Waals surface area contributed by atoms with Crippen LogP contribution in [0.3, 0.4) is 0 Å². The summed E-state index contributed by atoms with van der Waals surface area (Å²) in [5.74, 6) is 2.63. The van der Waals surface area contributed by atoms with Crippen molar-refractivity contribution in [3.8, 4) is 23.0 Å². The first-order valence-electron chi connectivity index (χ1n) is 24.7. The van der Waals surface area contributed by atoms with Gasteiger partial charge in [-0.1, -0.05) is 44.2 Å². The molecule has 15 nitrogen and oxygen atoms in total. The lowest BCUT2D eigenvalue weighted by Crippen LogP contribution is -2.42. The molecule has 408 valence electrons. The molecule has 3 aliphatic heterocycles. The summed E-state index contributed by atoms with van der Waals surface area (Å²) in [4.78, 5) is 36.1. The molecule has 0 bridgehead atoms. The summed E-state index contributed by atoms with van der Waals surface area (Å²) in [6.45, 7) is 30.9. The standard InChI is InChI=1S/C24H30N2O3.C19H24BNO3.C12H18F3NO5S/c1-16-10-11-22(26(15-16)23(27)29-24(4,5)6)19-8-7-9-20(14-19)28-21-12-17(2)25-18(3)13-21;1-13-10-17(11-14(2)21-13)22-16-9-7-8-15(12-16)20-23-18(3,4)19(5,6)24-20;1-8-5-6-9(21-22(18,19)12(13,14)15)16(7-8)10(17)20-11(2,3)4/h7-9,11-14,16H,10,15H2,1-6H3;7-12H,1-6H3;6,8H,5,7H2,1-4H3/t16-;;8-/m0.0/s1. The SMILES string of the molecule is C[C@H]1CC=C(OS(=O)(=O)C(F)(F)F)N(C(=O)OC(C)(C)C)C1.Cc1cc(Oc2cccc(B3OC(C)(C)C(C)(C)O3)c2)cc(C)n1.Cc1cc(Oc2cccc(C3=CC[C@H](C)CN3C(=O)OC(C)(C)C)c2)cc(C)n1. The van der Waals surface area contributed by atoms with E-state index < -0.39 is 38.8 Å². The third-order valence-electron chi connectivity index (χ3n) is 11.8. The van der Waals surface area contributed by atoms with Crippen molar-refractivity contribution in [1.82, 2.24) is 19.8 Å². The van der Waals surface area contributed by atoms with Crippen molar-refractivity contribution in [1.29, 1.82) is 0 Å². The molecule has 75 heavy (non-hydrogen) atoms. The van der Waals surface area contributed by atoms with Gasteiger partial charge in [0.25, 0.3) is 0 Å². The number of ether oxygens (including phenoxy) is 4. The van der Waals surface area contributed by atoms with Crippen molar-refractivity contribution in [2.24, 2.45) is 11.8 Å². The molecule has 1 saturated heterocycles. The molecule has 0 unspecified atom stereocenters. The summed E-state index contributed by atoms with van der Waals surface area (Å²) in [6.07, 6.45) is 3.15. The average Bonchev–Trinajstić information content (AvgIpc) is 3.48. The van der Waals surface area contributed by atoms with Crippen LogP contribution in [0.1, 0.15) is 124 Å². The molecule has 20 heteroatoms. The van der Waals surface area contributed by atoms with Gasteiger partial charge in [-0.15, -0.1) is 0 Å². The number of hydrogen-bond donors (Lipinski definition) is 0. The van der Waals surface area contributed by atoms with Gasteiger partial charge in [0.05, 0.1) is 16.9 Å². The highest BCUT2D eigenvalue weighted by Gasteiger charge is 2.52. The Labute approximate surface area is 441 Å². The largest absolute Gasteiger partial charge is 0.534 e. The van der Waals surface area contributed by atoms with Crippen LogP contribution >= 0.6 is 0 Å². The summed E-state index contributed by atoms with van der Waals surface area (Å²) >= 11 is 0. The van der Waals surface area contributed by atoms with E-state index >= 15 is 0 Å². The van der Waals surface area contributed by atoms with E-state index in [0.29, 0.717) is 12.5 Å². The van der Waals surface area contributed by atoms with E-state index in [2.05, 4.69) is 54.8 Å². The minimum absolute atomic E-state index is 0.00583. The molecule has 7 rings (SSSR count). The number of pyridine rings is 2. The minimum atomic E-state index is -5.84. The third-order valence-corrected chi connectivity index (χ3v) is 12.7. The van der Waals surface area contributed by atoms with Crippen LogP contribution in [0, 0.1) is 39.5 Å². The Kier molecular flexibility index (Phi) is 18.7. The Morgan fingerprint density at radius 1 is 0.640 bits per heavy atom. The van der Waals surface area contributed by atoms with Crippen molar-refractivity contribution in [2.45, 2.75) is 152 Å². The fourth-order valence-electron chi connectivity index (χ4n) is 7.68. The van der Waals surface area contributed by atoms with E-state index in [1.165, 1.54) is 0 Å². The van der Waals surface area contributed by atoms with Gasteiger partial charge >= 0.3 is 34.9 Å². The topological polar surface area (TPSA) is 165 Å². The molecule has 0 radical (unpaired) electrons. The lowest BCUT2D eigenvalue weighted by atomic mass is 9.79. The van der Waals surface area contributed by atoms with Crippen LogP contribution in [0.4, 0.5) is 22.8 Å². The molecule has 0 aliphatic carbocycles. The molecule has 2 aromatic carbocycles. The Morgan fingerprint density at radius 2 is 1.07 bits per heavy atom. The van der Waals surface area contributed by atoms with E-state index in [9.17, 15) is 31.2 Å². The van der Waals surface area contributed by atoms with Gasteiger partial charge in [-0.3, -0.25) is 14.9 Å². The van der Waals surface area contributed by atoms with Gasteiger partial charge in [-0.25, -0.2) is 14.5 Å². The maximum absolute atomic E-state index is 12.8. The van der Waals surface area contributed by atoms with E-state index in [1.54, 1.807) is 32.6 Å². The van der Waals surface area contributed by atoms with Crippen LogP contribution in [0.5, 0.6) is 23.0 Å². The monoisotopic (exact) mass is 1060 g/mol. The number of nitrogens with zero attached hydrogens (tertiary/aromatic N) is 4. The maximum atomic E-state index is 12.8.